The van der Waals surface area contributed by atoms with Crippen LogP contribution >= 0.6 is 11.6 Å². The van der Waals surface area contributed by atoms with Crippen LogP contribution in [-0.4, -0.2) is 19.0 Å². The number of halogens is 1. The molecule has 0 saturated heterocycles. The van der Waals surface area contributed by atoms with Crippen molar-refractivity contribution in [1.29, 1.82) is 0 Å². The zero-order chi connectivity index (χ0) is 12.0. The molecule has 0 atom stereocenters. The van der Waals surface area contributed by atoms with Crippen molar-refractivity contribution in [1.82, 2.24) is 0 Å². The van der Waals surface area contributed by atoms with Gasteiger partial charge in [-0.1, -0.05) is 37.6 Å². The second-order valence-electron chi connectivity index (χ2n) is 4.14. The minimum absolute atomic E-state index is 0.0608. The maximum absolute atomic E-state index is 11.7. The van der Waals surface area contributed by atoms with Crippen molar-refractivity contribution in [3.8, 4) is 0 Å². The van der Waals surface area contributed by atoms with Gasteiger partial charge >= 0.3 is 0 Å². The lowest BCUT2D eigenvalue weighted by molar-refractivity contribution is 0.0739. The van der Waals surface area contributed by atoms with Crippen LogP contribution in [0, 0.1) is 5.92 Å². The molecule has 3 heteroatoms. The molecule has 88 valence electrons. The monoisotopic (exact) mass is 240 g/mol. The van der Waals surface area contributed by atoms with Gasteiger partial charge in [0.15, 0.2) is 5.78 Å². The third kappa shape index (κ3) is 4.33. The third-order valence-electron chi connectivity index (χ3n) is 2.25. The Morgan fingerprint density at radius 1 is 1.38 bits per heavy atom. The van der Waals surface area contributed by atoms with Crippen molar-refractivity contribution in [2.24, 2.45) is 5.92 Å². The fourth-order valence-corrected chi connectivity index (χ4v) is 1.49. The molecule has 0 aliphatic heterocycles. The fourth-order valence-electron chi connectivity index (χ4n) is 1.25. The molecule has 0 radical (unpaired) electrons. The second-order valence-corrected chi connectivity index (χ2v) is 4.55. The number of rotatable bonds is 6. The average Bonchev–Trinajstić information content (AvgIpc) is 2.24. The predicted molar refractivity (Wildman–Crippen MR) is 66.1 cm³/mol. The van der Waals surface area contributed by atoms with Gasteiger partial charge in [-0.3, -0.25) is 4.79 Å². The molecular formula is C13H17ClO2. The first-order valence-electron chi connectivity index (χ1n) is 5.46. The van der Waals surface area contributed by atoms with Crippen LogP contribution < -0.4 is 0 Å². The van der Waals surface area contributed by atoms with Gasteiger partial charge in [-0.25, -0.2) is 0 Å². The highest BCUT2D eigenvalue weighted by Crippen LogP contribution is 2.15. The third-order valence-corrected chi connectivity index (χ3v) is 2.58. The Hall–Kier alpha value is -0.860. The topological polar surface area (TPSA) is 26.3 Å². The number of benzene rings is 1. The normalized spacial score (nSPS) is 10.8. The number of hydrogen-bond donors (Lipinski definition) is 0. The van der Waals surface area contributed by atoms with Crippen LogP contribution in [0.4, 0.5) is 0 Å². The van der Waals surface area contributed by atoms with Crippen molar-refractivity contribution in [2.75, 3.05) is 13.2 Å². The molecule has 0 heterocycles. The molecule has 0 aromatic heterocycles. The van der Waals surface area contributed by atoms with Gasteiger partial charge in [-0.15, -0.1) is 0 Å². The first-order valence-corrected chi connectivity index (χ1v) is 5.84. The van der Waals surface area contributed by atoms with Crippen molar-refractivity contribution in [2.45, 2.75) is 20.3 Å². The quantitative estimate of drug-likeness (QED) is 0.561. The zero-order valence-corrected chi connectivity index (χ0v) is 10.5. The number of Topliss-reactive ketones (excluding diaryl/α,β-unsaturated/α-hetero) is 1. The molecule has 0 N–H and O–H groups in total. The van der Waals surface area contributed by atoms with Crippen molar-refractivity contribution >= 4 is 17.4 Å². The van der Waals surface area contributed by atoms with Crippen molar-refractivity contribution < 1.29 is 9.53 Å². The molecule has 0 fully saturated rings. The second kappa shape index (κ2) is 6.66. The highest BCUT2D eigenvalue weighted by molar-refractivity contribution is 6.34. The summed E-state index contributed by atoms with van der Waals surface area (Å²) in [7, 11) is 0. The van der Waals surface area contributed by atoms with Crippen molar-refractivity contribution in [3.63, 3.8) is 0 Å². The maximum Gasteiger partial charge on any atom is 0.189 e. The molecule has 0 amide bonds. The number of ketones is 1. The van der Waals surface area contributed by atoms with E-state index in [2.05, 4.69) is 13.8 Å². The lowest BCUT2D eigenvalue weighted by Gasteiger charge is -2.06. The van der Waals surface area contributed by atoms with Gasteiger partial charge < -0.3 is 4.74 Å². The molecular weight excluding hydrogens is 224 g/mol. The molecule has 16 heavy (non-hydrogen) atoms. The summed E-state index contributed by atoms with van der Waals surface area (Å²) in [5.74, 6) is 0.532. The number of ether oxygens (including phenoxy) is 1. The Morgan fingerprint density at radius 3 is 2.69 bits per heavy atom. The van der Waals surface area contributed by atoms with Gasteiger partial charge in [-0.2, -0.15) is 0 Å². The zero-order valence-electron chi connectivity index (χ0n) is 9.70. The Balaban J connectivity index is 2.39. The van der Waals surface area contributed by atoms with Crippen LogP contribution in [0.1, 0.15) is 30.6 Å². The molecule has 1 aromatic rings. The van der Waals surface area contributed by atoms with Crippen LogP contribution in [0.25, 0.3) is 0 Å². The summed E-state index contributed by atoms with van der Waals surface area (Å²) in [6.45, 7) is 4.98. The summed E-state index contributed by atoms with van der Waals surface area (Å²) in [4.78, 5) is 11.7. The Bertz CT molecular complexity index is 348. The Kier molecular flexibility index (Phi) is 5.50. The Labute approximate surface area is 102 Å². The molecule has 1 aromatic carbocycles. The standard InChI is InChI=1S/C13H17ClO2/c1-10(2)7-8-16-9-13(15)11-5-3-4-6-12(11)14/h3-6,10H,7-9H2,1-2H3. The van der Waals surface area contributed by atoms with Gasteiger partial charge in [0, 0.05) is 12.2 Å². The molecule has 1 rings (SSSR count). The molecule has 2 nitrogen and oxygen atoms in total. The van der Waals surface area contributed by atoms with E-state index in [4.69, 9.17) is 16.3 Å². The van der Waals surface area contributed by atoms with E-state index in [9.17, 15) is 4.79 Å². The lowest BCUT2D eigenvalue weighted by atomic mass is 10.1. The van der Waals surface area contributed by atoms with E-state index in [0.29, 0.717) is 23.1 Å². The molecule has 0 unspecified atom stereocenters. The molecule has 0 spiro atoms. The highest BCUT2D eigenvalue weighted by Gasteiger charge is 2.09. The molecule has 0 bridgehead atoms. The predicted octanol–water partition coefficient (Wildman–Crippen LogP) is 3.59. The maximum atomic E-state index is 11.7. The fraction of sp³-hybridized carbons (Fsp3) is 0.462. The van der Waals surface area contributed by atoms with Gasteiger partial charge in [-0.05, 0) is 24.5 Å². The summed E-state index contributed by atoms with van der Waals surface area (Å²) < 4.78 is 5.31. The Morgan fingerprint density at radius 2 is 2.06 bits per heavy atom. The van der Waals surface area contributed by atoms with E-state index in [-0.39, 0.29) is 12.4 Å². The molecule has 0 aliphatic rings. The SMILES string of the molecule is CC(C)CCOCC(=O)c1ccccc1Cl. The first kappa shape index (κ1) is 13.2. The summed E-state index contributed by atoms with van der Waals surface area (Å²) in [5.41, 5.74) is 0.536. The van der Waals surface area contributed by atoms with Gasteiger partial charge in [0.2, 0.25) is 0 Å². The van der Waals surface area contributed by atoms with Crippen LogP contribution in [0.5, 0.6) is 0 Å². The minimum Gasteiger partial charge on any atom is -0.373 e. The van der Waals surface area contributed by atoms with E-state index in [1.54, 1.807) is 24.3 Å². The summed E-state index contributed by atoms with van der Waals surface area (Å²) >= 11 is 5.91. The van der Waals surface area contributed by atoms with E-state index < -0.39 is 0 Å². The molecule has 0 saturated carbocycles. The van der Waals surface area contributed by atoms with Crippen molar-refractivity contribution in [3.05, 3.63) is 34.9 Å². The number of carbonyl (C=O) groups is 1. The smallest absolute Gasteiger partial charge is 0.189 e. The lowest BCUT2D eigenvalue weighted by Crippen LogP contribution is -2.11. The summed E-state index contributed by atoms with van der Waals surface area (Å²) in [6, 6.07) is 7.03. The summed E-state index contributed by atoms with van der Waals surface area (Å²) in [5, 5.41) is 0.486. The van der Waals surface area contributed by atoms with Crippen LogP contribution in [0.15, 0.2) is 24.3 Å². The summed E-state index contributed by atoms with van der Waals surface area (Å²) in [6.07, 6.45) is 0.968. The van der Waals surface area contributed by atoms with Gasteiger partial charge in [0.1, 0.15) is 6.61 Å². The van der Waals surface area contributed by atoms with Crippen LogP contribution in [0.2, 0.25) is 5.02 Å². The highest BCUT2D eigenvalue weighted by atomic mass is 35.5. The van der Waals surface area contributed by atoms with E-state index >= 15 is 0 Å². The average molecular weight is 241 g/mol. The first-order chi connectivity index (χ1) is 7.61. The largest absolute Gasteiger partial charge is 0.373 e. The molecule has 0 aliphatic carbocycles. The number of hydrogen-bond acceptors (Lipinski definition) is 2. The van der Waals surface area contributed by atoms with Crippen LogP contribution in [-0.2, 0) is 4.74 Å². The van der Waals surface area contributed by atoms with E-state index in [1.165, 1.54) is 0 Å². The van der Waals surface area contributed by atoms with Gasteiger partial charge in [0.05, 0.1) is 5.02 Å². The number of carbonyl (C=O) groups excluding carboxylic acids is 1. The van der Waals surface area contributed by atoms with E-state index in [0.717, 1.165) is 6.42 Å². The van der Waals surface area contributed by atoms with Gasteiger partial charge in [0.25, 0.3) is 0 Å². The van der Waals surface area contributed by atoms with E-state index in [1.807, 2.05) is 0 Å². The van der Waals surface area contributed by atoms with Crippen LogP contribution in [0.3, 0.4) is 0 Å². The minimum atomic E-state index is -0.0608.